The zero-order chi connectivity index (χ0) is 16.3. The molecular weight excluding hydrogens is 274 g/mol. The normalized spacial score (nSPS) is 12.2. The molecule has 0 aliphatic rings. The third kappa shape index (κ3) is 8.52. The molecule has 0 aromatic carbocycles. The van der Waals surface area contributed by atoms with Crippen LogP contribution in [-0.2, 0) is 23.9 Å². The van der Waals surface area contributed by atoms with E-state index in [1.54, 1.807) is 6.92 Å². The first-order valence-electron chi connectivity index (χ1n) is 6.55. The Bertz CT molecular complexity index is 439. The van der Waals surface area contributed by atoms with E-state index in [4.69, 9.17) is 9.47 Å². The predicted molar refractivity (Wildman–Crippen MR) is 78.8 cm³/mol. The van der Waals surface area contributed by atoms with Crippen LogP contribution in [0.15, 0.2) is 29.4 Å². The number of esters is 2. The fourth-order valence-electron chi connectivity index (χ4n) is 1.43. The molecule has 6 nitrogen and oxygen atoms in total. The number of hydrogen-bond acceptors (Lipinski definition) is 6. The highest BCUT2D eigenvalue weighted by Gasteiger charge is 2.18. The van der Waals surface area contributed by atoms with Crippen LogP contribution in [0, 0.1) is 5.92 Å². The van der Waals surface area contributed by atoms with Gasteiger partial charge in [0.15, 0.2) is 0 Å². The van der Waals surface area contributed by atoms with Crippen LogP contribution in [0.2, 0.25) is 0 Å². The van der Waals surface area contributed by atoms with Gasteiger partial charge in [-0.1, -0.05) is 19.6 Å². The lowest BCUT2D eigenvalue weighted by Crippen LogP contribution is -2.23. The molecule has 0 N–H and O–H groups in total. The van der Waals surface area contributed by atoms with Crippen molar-refractivity contribution < 1.29 is 23.9 Å². The maximum Gasteiger partial charge on any atom is 0.339 e. The summed E-state index contributed by atoms with van der Waals surface area (Å²) in [6.07, 6.45) is 3.09. The highest BCUT2D eigenvalue weighted by Crippen LogP contribution is 2.10. The van der Waals surface area contributed by atoms with Crippen molar-refractivity contribution in [2.24, 2.45) is 10.9 Å². The van der Waals surface area contributed by atoms with Gasteiger partial charge in [-0.3, -0.25) is 14.6 Å². The van der Waals surface area contributed by atoms with Gasteiger partial charge in [-0.2, -0.15) is 0 Å². The SMILES string of the molecule is C=C/C(=C\N=C)C(=O)OCC(COC(C)=O)CC(=O)CC. The number of nitrogens with zero attached hydrogens (tertiary/aromatic N) is 1. The van der Waals surface area contributed by atoms with Gasteiger partial charge >= 0.3 is 11.9 Å². The number of ether oxygens (including phenoxy) is 2. The van der Waals surface area contributed by atoms with Crippen LogP contribution in [0.3, 0.4) is 0 Å². The minimum absolute atomic E-state index is 0.00967. The Morgan fingerprint density at radius 1 is 1.24 bits per heavy atom. The summed E-state index contributed by atoms with van der Waals surface area (Å²) in [4.78, 5) is 37.5. The average Bonchev–Trinajstić information content (AvgIpc) is 2.46. The first-order chi connectivity index (χ1) is 9.94. The molecule has 0 fully saturated rings. The molecule has 0 aliphatic heterocycles. The zero-order valence-electron chi connectivity index (χ0n) is 12.5. The van der Waals surface area contributed by atoms with Gasteiger partial charge < -0.3 is 9.47 Å². The third-order valence-corrected chi connectivity index (χ3v) is 2.57. The van der Waals surface area contributed by atoms with Crippen LogP contribution in [-0.4, -0.2) is 37.7 Å². The topological polar surface area (TPSA) is 82.0 Å². The van der Waals surface area contributed by atoms with Crippen LogP contribution < -0.4 is 0 Å². The Balaban J connectivity index is 4.58. The van der Waals surface area contributed by atoms with Gasteiger partial charge in [0.25, 0.3) is 0 Å². The fourth-order valence-corrected chi connectivity index (χ4v) is 1.43. The largest absolute Gasteiger partial charge is 0.465 e. The molecule has 1 atom stereocenters. The minimum atomic E-state index is -0.617. The first-order valence-corrected chi connectivity index (χ1v) is 6.55. The Labute approximate surface area is 124 Å². The Hall–Kier alpha value is -2.24. The van der Waals surface area contributed by atoms with E-state index in [2.05, 4.69) is 18.3 Å². The Morgan fingerprint density at radius 2 is 1.86 bits per heavy atom. The summed E-state index contributed by atoms with van der Waals surface area (Å²) in [5.74, 6) is -1.42. The molecule has 0 bridgehead atoms. The quantitative estimate of drug-likeness (QED) is 0.266. The van der Waals surface area contributed by atoms with E-state index in [1.165, 1.54) is 19.2 Å². The predicted octanol–water partition coefficient (Wildman–Crippen LogP) is 1.85. The molecule has 0 heterocycles. The van der Waals surface area contributed by atoms with Crippen molar-refractivity contribution in [3.05, 3.63) is 24.4 Å². The fraction of sp³-hybridized carbons (Fsp3) is 0.467. The van der Waals surface area contributed by atoms with E-state index in [1.807, 2.05) is 0 Å². The van der Waals surface area contributed by atoms with E-state index >= 15 is 0 Å². The second-order valence-electron chi connectivity index (χ2n) is 4.33. The van der Waals surface area contributed by atoms with Crippen molar-refractivity contribution in [3.63, 3.8) is 0 Å². The van der Waals surface area contributed by atoms with E-state index in [-0.39, 0.29) is 36.9 Å². The van der Waals surface area contributed by atoms with Gasteiger partial charge in [0, 0.05) is 31.9 Å². The molecule has 0 aromatic heterocycles. The van der Waals surface area contributed by atoms with Gasteiger partial charge in [0.2, 0.25) is 0 Å². The maximum atomic E-state index is 11.7. The monoisotopic (exact) mass is 295 g/mol. The summed E-state index contributed by atoms with van der Waals surface area (Å²) < 4.78 is 9.95. The van der Waals surface area contributed by atoms with Crippen molar-refractivity contribution in [2.75, 3.05) is 13.2 Å². The summed E-state index contributed by atoms with van der Waals surface area (Å²) in [5.41, 5.74) is 0.165. The highest BCUT2D eigenvalue weighted by atomic mass is 16.5. The van der Waals surface area contributed by atoms with Gasteiger partial charge in [0.1, 0.15) is 5.78 Å². The summed E-state index contributed by atoms with van der Waals surface area (Å²) in [6, 6.07) is 0. The molecule has 1 unspecified atom stereocenters. The number of rotatable bonds is 10. The number of ketones is 1. The van der Waals surface area contributed by atoms with Crippen LogP contribution in [0.25, 0.3) is 0 Å². The number of carbonyl (C=O) groups excluding carboxylic acids is 3. The van der Waals surface area contributed by atoms with E-state index < -0.39 is 11.9 Å². The number of aliphatic imine (C=N–C) groups is 1. The van der Waals surface area contributed by atoms with Gasteiger partial charge in [-0.15, -0.1) is 0 Å². The number of carbonyl (C=O) groups is 3. The van der Waals surface area contributed by atoms with E-state index in [0.717, 1.165) is 0 Å². The smallest absolute Gasteiger partial charge is 0.339 e. The molecule has 0 saturated carbocycles. The summed E-state index contributed by atoms with van der Waals surface area (Å²) in [6.45, 7) is 9.73. The average molecular weight is 295 g/mol. The Kier molecular flexibility index (Phi) is 9.41. The molecule has 116 valence electrons. The van der Waals surface area contributed by atoms with Gasteiger partial charge in [0.05, 0.1) is 18.8 Å². The summed E-state index contributed by atoms with van der Waals surface area (Å²) >= 11 is 0. The molecule has 0 rings (SSSR count). The lowest BCUT2D eigenvalue weighted by molar-refractivity contribution is -0.146. The van der Waals surface area contributed by atoms with Crippen LogP contribution in [0.5, 0.6) is 0 Å². The van der Waals surface area contributed by atoms with Crippen LogP contribution >= 0.6 is 0 Å². The van der Waals surface area contributed by atoms with Gasteiger partial charge in [-0.05, 0) is 6.72 Å². The molecule has 0 amide bonds. The maximum absolute atomic E-state index is 11.7. The molecule has 21 heavy (non-hydrogen) atoms. The second kappa shape index (κ2) is 10.5. The lowest BCUT2D eigenvalue weighted by atomic mass is 10.0. The molecule has 0 spiro atoms. The summed E-state index contributed by atoms with van der Waals surface area (Å²) in [7, 11) is 0. The van der Waals surface area contributed by atoms with Crippen LogP contribution in [0.4, 0.5) is 0 Å². The Morgan fingerprint density at radius 3 is 2.33 bits per heavy atom. The van der Waals surface area contributed by atoms with Crippen molar-refractivity contribution in [2.45, 2.75) is 26.7 Å². The van der Waals surface area contributed by atoms with E-state index in [9.17, 15) is 14.4 Å². The number of Topliss-reactive ketones (excluding diaryl/α,β-unsaturated/α-hetero) is 1. The van der Waals surface area contributed by atoms with Crippen molar-refractivity contribution in [1.82, 2.24) is 0 Å². The summed E-state index contributed by atoms with van der Waals surface area (Å²) in [5, 5.41) is 0. The molecule has 0 aliphatic carbocycles. The second-order valence-corrected chi connectivity index (χ2v) is 4.33. The van der Waals surface area contributed by atoms with Crippen molar-refractivity contribution in [3.8, 4) is 0 Å². The van der Waals surface area contributed by atoms with Gasteiger partial charge in [-0.25, -0.2) is 4.79 Å². The van der Waals surface area contributed by atoms with Crippen molar-refractivity contribution >= 4 is 24.4 Å². The highest BCUT2D eigenvalue weighted by molar-refractivity contribution is 5.91. The molecule has 0 radical (unpaired) electrons. The third-order valence-electron chi connectivity index (χ3n) is 2.57. The molecule has 0 aromatic rings. The minimum Gasteiger partial charge on any atom is -0.465 e. The van der Waals surface area contributed by atoms with E-state index in [0.29, 0.717) is 6.42 Å². The van der Waals surface area contributed by atoms with Crippen LogP contribution in [0.1, 0.15) is 26.7 Å². The first kappa shape index (κ1) is 18.8. The molecular formula is C15H21NO5. The number of hydrogen-bond donors (Lipinski definition) is 0. The standard InChI is InChI=1S/C15H21NO5/c1-5-13(8-16-4)15(19)21-10-12(7-14(18)6-2)9-20-11(3)17/h5,8,12H,1,4,6-7,9-10H2,2-3H3/b13-8+. The zero-order valence-corrected chi connectivity index (χ0v) is 12.5. The molecule has 6 heteroatoms. The molecule has 0 saturated heterocycles. The lowest BCUT2D eigenvalue weighted by Gasteiger charge is -2.16. The van der Waals surface area contributed by atoms with Crippen molar-refractivity contribution in [1.29, 1.82) is 0 Å².